The Morgan fingerprint density at radius 1 is 1.50 bits per heavy atom. The quantitative estimate of drug-likeness (QED) is 0.824. The average molecular weight is 263 g/mol. The first-order valence-electron chi connectivity index (χ1n) is 5.94. The van der Waals surface area contributed by atoms with E-state index in [0.29, 0.717) is 6.54 Å². The van der Waals surface area contributed by atoms with Crippen molar-refractivity contribution in [1.82, 2.24) is 14.9 Å². The molecule has 2 heterocycles. The molecule has 1 aliphatic rings. The molecule has 1 fully saturated rings. The number of hydrogen-bond donors (Lipinski definition) is 1. The largest absolute Gasteiger partial charge is 0.411 e. The molecule has 1 aromatic heterocycles. The van der Waals surface area contributed by atoms with Crippen molar-refractivity contribution >= 4 is 0 Å². The number of rotatable bonds is 5. The summed E-state index contributed by atoms with van der Waals surface area (Å²) in [5.41, 5.74) is 1.02. The summed E-state index contributed by atoms with van der Waals surface area (Å²) in [7, 11) is 0. The summed E-state index contributed by atoms with van der Waals surface area (Å²) < 4.78 is 42.1. The maximum atomic E-state index is 11.9. The lowest BCUT2D eigenvalue weighted by atomic mass is 10.2. The minimum absolute atomic E-state index is 0.0373. The number of hydrogen-bond acceptors (Lipinski definition) is 3. The fourth-order valence-corrected chi connectivity index (χ4v) is 2.10. The first kappa shape index (κ1) is 13.4. The SMILES string of the molecule is FC(F)(F)COCCn1cncc1[C@@H]1CCCN1. The van der Waals surface area contributed by atoms with Crippen molar-refractivity contribution in [1.29, 1.82) is 0 Å². The van der Waals surface area contributed by atoms with Crippen molar-refractivity contribution in [3.63, 3.8) is 0 Å². The van der Waals surface area contributed by atoms with Crippen molar-refractivity contribution in [3.8, 4) is 0 Å². The van der Waals surface area contributed by atoms with Crippen LogP contribution in [0, 0.1) is 0 Å². The molecule has 0 unspecified atom stereocenters. The molecule has 0 bridgehead atoms. The summed E-state index contributed by atoms with van der Waals surface area (Å²) in [4.78, 5) is 4.04. The fraction of sp³-hybridized carbons (Fsp3) is 0.727. The highest BCUT2D eigenvalue weighted by atomic mass is 19.4. The van der Waals surface area contributed by atoms with Crippen LogP contribution < -0.4 is 5.32 Å². The van der Waals surface area contributed by atoms with Gasteiger partial charge in [-0.15, -0.1) is 0 Å². The monoisotopic (exact) mass is 263 g/mol. The van der Waals surface area contributed by atoms with Gasteiger partial charge in [-0.05, 0) is 19.4 Å². The van der Waals surface area contributed by atoms with Crippen LogP contribution in [-0.4, -0.2) is 35.5 Å². The number of nitrogens with zero attached hydrogens (tertiary/aromatic N) is 2. The summed E-state index contributed by atoms with van der Waals surface area (Å²) in [5, 5.41) is 3.33. The zero-order valence-electron chi connectivity index (χ0n) is 9.91. The van der Waals surface area contributed by atoms with Gasteiger partial charge in [0.25, 0.3) is 0 Å². The molecule has 18 heavy (non-hydrogen) atoms. The third-order valence-corrected chi connectivity index (χ3v) is 2.90. The van der Waals surface area contributed by atoms with Crippen LogP contribution >= 0.6 is 0 Å². The Balaban J connectivity index is 1.81. The molecule has 1 N–H and O–H groups in total. The lowest BCUT2D eigenvalue weighted by Crippen LogP contribution is -2.21. The van der Waals surface area contributed by atoms with Gasteiger partial charge in [-0.2, -0.15) is 13.2 Å². The summed E-state index contributed by atoms with van der Waals surface area (Å²) in [5.74, 6) is 0. The van der Waals surface area contributed by atoms with E-state index in [1.807, 2.05) is 4.57 Å². The van der Waals surface area contributed by atoms with Gasteiger partial charge in [0.2, 0.25) is 0 Å². The molecular formula is C11H16F3N3O. The van der Waals surface area contributed by atoms with Gasteiger partial charge in [-0.25, -0.2) is 4.98 Å². The number of halogens is 3. The highest BCUT2D eigenvalue weighted by Crippen LogP contribution is 2.22. The van der Waals surface area contributed by atoms with E-state index in [1.165, 1.54) is 0 Å². The molecule has 0 aliphatic carbocycles. The van der Waals surface area contributed by atoms with Crippen LogP contribution in [0.25, 0.3) is 0 Å². The van der Waals surface area contributed by atoms with Gasteiger partial charge >= 0.3 is 6.18 Å². The maximum Gasteiger partial charge on any atom is 0.411 e. The number of imidazole rings is 1. The highest BCUT2D eigenvalue weighted by Gasteiger charge is 2.27. The van der Waals surface area contributed by atoms with Gasteiger partial charge in [-0.1, -0.05) is 0 Å². The highest BCUT2D eigenvalue weighted by molar-refractivity contribution is 5.07. The second-order valence-electron chi connectivity index (χ2n) is 4.33. The number of aromatic nitrogens is 2. The van der Waals surface area contributed by atoms with Gasteiger partial charge in [-0.3, -0.25) is 0 Å². The number of ether oxygens (including phenoxy) is 1. The Hall–Kier alpha value is -1.08. The normalized spacial score (nSPS) is 20.5. The zero-order valence-corrected chi connectivity index (χ0v) is 9.91. The van der Waals surface area contributed by atoms with Crippen LogP contribution in [-0.2, 0) is 11.3 Å². The summed E-state index contributed by atoms with van der Waals surface area (Å²) >= 11 is 0. The van der Waals surface area contributed by atoms with Gasteiger partial charge in [0, 0.05) is 18.8 Å². The van der Waals surface area contributed by atoms with Crippen molar-refractivity contribution in [3.05, 3.63) is 18.2 Å². The molecule has 0 amide bonds. The van der Waals surface area contributed by atoms with E-state index in [1.54, 1.807) is 12.5 Å². The summed E-state index contributed by atoms with van der Waals surface area (Å²) in [6, 6.07) is 0.259. The second kappa shape index (κ2) is 5.71. The van der Waals surface area contributed by atoms with E-state index in [9.17, 15) is 13.2 Å². The Morgan fingerprint density at radius 2 is 2.33 bits per heavy atom. The van der Waals surface area contributed by atoms with E-state index in [-0.39, 0.29) is 12.6 Å². The van der Waals surface area contributed by atoms with Gasteiger partial charge in [0.05, 0.1) is 18.6 Å². The molecule has 102 valence electrons. The first-order valence-corrected chi connectivity index (χ1v) is 5.94. The molecule has 1 aromatic rings. The summed E-state index contributed by atoms with van der Waals surface area (Å²) in [6.45, 7) is 0.207. The molecule has 0 spiro atoms. The lowest BCUT2D eigenvalue weighted by molar-refractivity contribution is -0.174. The second-order valence-corrected chi connectivity index (χ2v) is 4.33. The smallest absolute Gasteiger partial charge is 0.370 e. The fourth-order valence-electron chi connectivity index (χ4n) is 2.10. The van der Waals surface area contributed by atoms with E-state index >= 15 is 0 Å². The Kier molecular flexibility index (Phi) is 4.23. The van der Waals surface area contributed by atoms with Crippen LogP contribution in [0.3, 0.4) is 0 Å². The zero-order chi connectivity index (χ0) is 13.0. The molecule has 1 atom stereocenters. The molecule has 1 aliphatic heterocycles. The van der Waals surface area contributed by atoms with Gasteiger partial charge in [0.15, 0.2) is 0 Å². The van der Waals surface area contributed by atoms with Crippen LogP contribution in [0.2, 0.25) is 0 Å². The van der Waals surface area contributed by atoms with Crippen LogP contribution in [0.4, 0.5) is 13.2 Å². The molecule has 0 saturated carbocycles. The Morgan fingerprint density at radius 3 is 3.00 bits per heavy atom. The van der Waals surface area contributed by atoms with Gasteiger partial charge in [0.1, 0.15) is 6.61 Å². The molecule has 4 nitrogen and oxygen atoms in total. The van der Waals surface area contributed by atoms with Gasteiger partial charge < -0.3 is 14.6 Å². The van der Waals surface area contributed by atoms with E-state index < -0.39 is 12.8 Å². The van der Waals surface area contributed by atoms with E-state index in [2.05, 4.69) is 15.0 Å². The predicted molar refractivity (Wildman–Crippen MR) is 59.1 cm³/mol. The lowest BCUT2D eigenvalue weighted by Gasteiger charge is -2.14. The van der Waals surface area contributed by atoms with Crippen molar-refractivity contribution in [2.45, 2.75) is 31.6 Å². The van der Waals surface area contributed by atoms with Crippen molar-refractivity contribution in [2.24, 2.45) is 0 Å². The molecule has 0 aromatic carbocycles. The predicted octanol–water partition coefficient (Wildman–Crippen LogP) is 1.89. The molecule has 1 saturated heterocycles. The standard InChI is InChI=1S/C11H16F3N3O/c12-11(13,14)7-18-5-4-17-8-15-6-10(17)9-2-1-3-16-9/h6,8-9,16H,1-5,7H2/t9-/m0/s1. The van der Waals surface area contributed by atoms with E-state index in [0.717, 1.165) is 25.1 Å². The topological polar surface area (TPSA) is 39.1 Å². The first-order chi connectivity index (χ1) is 8.56. The third kappa shape index (κ3) is 3.71. The molecule has 7 heteroatoms. The van der Waals surface area contributed by atoms with E-state index in [4.69, 9.17) is 0 Å². The summed E-state index contributed by atoms with van der Waals surface area (Å²) in [6.07, 6.45) is 1.28. The molecule has 2 rings (SSSR count). The van der Waals surface area contributed by atoms with Crippen molar-refractivity contribution in [2.75, 3.05) is 19.8 Å². The van der Waals surface area contributed by atoms with Crippen LogP contribution in [0.15, 0.2) is 12.5 Å². The van der Waals surface area contributed by atoms with Crippen LogP contribution in [0.5, 0.6) is 0 Å². The van der Waals surface area contributed by atoms with Crippen LogP contribution in [0.1, 0.15) is 24.6 Å². The molecule has 0 radical (unpaired) electrons. The third-order valence-electron chi connectivity index (χ3n) is 2.90. The number of alkyl halides is 3. The molecular weight excluding hydrogens is 247 g/mol. The maximum absolute atomic E-state index is 11.9. The Bertz CT molecular complexity index is 372. The average Bonchev–Trinajstić information content (AvgIpc) is 2.93. The number of nitrogens with one attached hydrogen (secondary N) is 1. The minimum Gasteiger partial charge on any atom is -0.370 e. The Labute approximate surface area is 103 Å². The van der Waals surface area contributed by atoms with Crippen molar-refractivity contribution < 1.29 is 17.9 Å². The minimum atomic E-state index is -4.26.